The van der Waals surface area contributed by atoms with Crippen LogP contribution < -0.4 is 5.56 Å². The highest BCUT2D eigenvalue weighted by Crippen LogP contribution is 2.15. The number of aromatic amines is 1. The third-order valence-corrected chi connectivity index (χ3v) is 3.93. The van der Waals surface area contributed by atoms with Gasteiger partial charge in [-0.25, -0.2) is 14.7 Å². The molecule has 23 heavy (non-hydrogen) atoms. The lowest BCUT2D eigenvalue weighted by Gasteiger charge is -2.01. The number of halogens is 2. The first kappa shape index (κ1) is 15.7. The topological polar surface area (TPSA) is 63.0 Å². The molecule has 2 aromatic heterocycles. The third-order valence-electron chi connectivity index (χ3n) is 3.22. The van der Waals surface area contributed by atoms with Gasteiger partial charge in [0.1, 0.15) is 0 Å². The molecule has 0 unspecified atom stereocenters. The van der Waals surface area contributed by atoms with Crippen LogP contribution in [0.5, 0.6) is 0 Å². The van der Waals surface area contributed by atoms with Crippen molar-refractivity contribution >= 4 is 39.6 Å². The van der Waals surface area contributed by atoms with Crippen molar-refractivity contribution in [3.8, 4) is 5.69 Å². The summed E-state index contributed by atoms with van der Waals surface area (Å²) >= 11 is 9.30. The highest BCUT2D eigenvalue weighted by Gasteiger charge is 2.10. The Morgan fingerprint density at radius 1 is 1.35 bits per heavy atom. The number of H-pyrrole nitrogens is 1. The number of aliphatic imine (C=N–C) groups is 1. The fourth-order valence-electron chi connectivity index (χ4n) is 2.08. The van der Waals surface area contributed by atoms with Gasteiger partial charge in [-0.2, -0.15) is 0 Å². The summed E-state index contributed by atoms with van der Waals surface area (Å²) < 4.78 is 2.31. The molecule has 0 fully saturated rings. The Morgan fingerprint density at radius 2 is 2.17 bits per heavy atom. The van der Waals surface area contributed by atoms with Gasteiger partial charge in [-0.1, -0.05) is 17.7 Å². The van der Waals surface area contributed by atoms with Gasteiger partial charge in [-0.15, -0.1) is 0 Å². The van der Waals surface area contributed by atoms with Crippen LogP contribution in [0, 0.1) is 6.92 Å². The number of hydrogen-bond acceptors (Lipinski definition) is 3. The number of pyridine rings is 1. The number of hydrogen-bond donors (Lipinski definition) is 1. The van der Waals surface area contributed by atoms with Gasteiger partial charge >= 0.3 is 0 Å². The number of nitrogens with one attached hydrogen (secondary N) is 1. The number of nitrogens with zero attached hydrogens (tertiary/aromatic N) is 3. The van der Waals surface area contributed by atoms with Gasteiger partial charge in [0.05, 0.1) is 11.3 Å². The summed E-state index contributed by atoms with van der Waals surface area (Å²) in [6.45, 7) is 1.82. The quantitative estimate of drug-likeness (QED) is 0.685. The largest absolute Gasteiger partial charge is 0.295 e. The smallest absolute Gasteiger partial charge is 0.280 e. The summed E-state index contributed by atoms with van der Waals surface area (Å²) in [5.74, 6) is 0.530. The van der Waals surface area contributed by atoms with Crippen molar-refractivity contribution in [2.24, 2.45) is 4.99 Å². The summed E-state index contributed by atoms with van der Waals surface area (Å²) in [7, 11) is 0. The second-order valence-electron chi connectivity index (χ2n) is 4.86. The van der Waals surface area contributed by atoms with Crippen molar-refractivity contribution in [1.82, 2.24) is 14.8 Å². The Balaban J connectivity index is 1.98. The summed E-state index contributed by atoms with van der Waals surface area (Å²) in [4.78, 5) is 20.9. The number of rotatable bonds is 3. The summed E-state index contributed by atoms with van der Waals surface area (Å²) in [6.07, 6.45) is 3.17. The van der Waals surface area contributed by atoms with E-state index in [0.717, 1.165) is 10.2 Å². The molecule has 0 aliphatic rings. The molecule has 0 saturated heterocycles. The molecule has 2 heterocycles. The molecule has 3 aromatic rings. The molecule has 116 valence electrons. The van der Waals surface area contributed by atoms with Crippen LogP contribution in [-0.4, -0.2) is 21.0 Å². The summed E-state index contributed by atoms with van der Waals surface area (Å²) in [5, 5.41) is 3.59. The number of benzene rings is 1. The van der Waals surface area contributed by atoms with E-state index in [1.807, 2.05) is 13.0 Å². The zero-order valence-electron chi connectivity index (χ0n) is 12.1. The van der Waals surface area contributed by atoms with Crippen LogP contribution >= 0.6 is 27.5 Å². The van der Waals surface area contributed by atoms with Crippen LogP contribution in [0.1, 0.15) is 11.3 Å². The first-order valence-electron chi connectivity index (χ1n) is 6.78. The van der Waals surface area contributed by atoms with Crippen molar-refractivity contribution in [2.45, 2.75) is 6.92 Å². The van der Waals surface area contributed by atoms with Gasteiger partial charge in [0.25, 0.3) is 5.56 Å². The maximum atomic E-state index is 12.5. The highest BCUT2D eigenvalue weighted by molar-refractivity contribution is 9.10. The predicted octanol–water partition coefficient (Wildman–Crippen LogP) is 4.04. The molecule has 1 aromatic carbocycles. The van der Waals surface area contributed by atoms with Gasteiger partial charge in [0, 0.05) is 27.6 Å². The molecule has 0 atom stereocenters. The highest BCUT2D eigenvalue weighted by atomic mass is 79.9. The van der Waals surface area contributed by atoms with Crippen molar-refractivity contribution in [2.75, 3.05) is 0 Å². The van der Waals surface area contributed by atoms with Gasteiger partial charge in [0.2, 0.25) is 0 Å². The minimum absolute atomic E-state index is 0.189. The molecular weight excluding hydrogens is 380 g/mol. The van der Waals surface area contributed by atoms with Crippen LogP contribution in [0.2, 0.25) is 5.02 Å². The second-order valence-corrected chi connectivity index (χ2v) is 6.22. The fraction of sp³-hybridized carbons (Fsp3) is 0.0625. The fourth-order valence-corrected chi connectivity index (χ4v) is 2.50. The maximum Gasteiger partial charge on any atom is 0.280 e. The van der Waals surface area contributed by atoms with E-state index in [2.05, 4.69) is 31.0 Å². The molecule has 5 nitrogen and oxygen atoms in total. The average Bonchev–Trinajstić information content (AvgIpc) is 2.82. The lowest BCUT2D eigenvalue weighted by molar-refractivity contribution is 0.835. The van der Waals surface area contributed by atoms with Crippen LogP contribution in [0.15, 0.2) is 56.9 Å². The number of aromatic nitrogens is 3. The standard InChI is InChI=1S/C16H12BrClN4O/c1-10-14(9-20-15-6-5-11(17)8-19-15)16(23)22(21-10)13-4-2-3-12(18)7-13/h2-9,21H,1H3. The minimum Gasteiger partial charge on any atom is -0.295 e. The predicted molar refractivity (Wildman–Crippen MR) is 95.3 cm³/mol. The van der Waals surface area contributed by atoms with Crippen LogP contribution in [0.3, 0.4) is 0 Å². The monoisotopic (exact) mass is 390 g/mol. The van der Waals surface area contributed by atoms with E-state index in [1.165, 1.54) is 10.9 Å². The second kappa shape index (κ2) is 6.52. The maximum absolute atomic E-state index is 12.5. The van der Waals surface area contributed by atoms with Gasteiger partial charge in [-0.3, -0.25) is 9.89 Å². The molecule has 0 spiro atoms. The molecule has 0 bridgehead atoms. The molecule has 0 radical (unpaired) electrons. The molecule has 0 aliphatic carbocycles. The van der Waals surface area contributed by atoms with Crippen molar-refractivity contribution in [1.29, 1.82) is 0 Å². The van der Waals surface area contributed by atoms with E-state index in [0.29, 0.717) is 22.1 Å². The normalized spacial score (nSPS) is 11.3. The van der Waals surface area contributed by atoms with Crippen molar-refractivity contribution in [3.63, 3.8) is 0 Å². The SMILES string of the molecule is Cc1[nH]n(-c2cccc(Cl)c2)c(=O)c1C=Nc1ccc(Br)cn1. The van der Waals surface area contributed by atoms with E-state index in [4.69, 9.17) is 11.6 Å². The Hall–Kier alpha value is -2.18. The van der Waals surface area contributed by atoms with E-state index < -0.39 is 0 Å². The zero-order valence-corrected chi connectivity index (χ0v) is 14.5. The van der Waals surface area contributed by atoms with Crippen LogP contribution in [0.25, 0.3) is 5.69 Å². The average molecular weight is 392 g/mol. The molecule has 3 rings (SSSR count). The van der Waals surface area contributed by atoms with Gasteiger partial charge in [0.15, 0.2) is 5.82 Å². The Morgan fingerprint density at radius 3 is 2.87 bits per heavy atom. The van der Waals surface area contributed by atoms with Crippen molar-refractivity contribution in [3.05, 3.63) is 73.7 Å². The third kappa shape index (κ3) is 3.43. The first-order chi connectivity index (χ1) is 11.0. The molecule has 1 N–H and O–H groups in total. The summed E-state index contributed by atoms with van der Waals surface area (Å²) in [6, 6.07) is 10.7. The van der Waals surface area contributed by atoms with Crippen molar-refractivity contribution < 1.29 is 0 Å². The van der Waals surface area contributed by atoms with E-state index in [-0.39, 0.29) is 5.56 Å². The van der Waals surface area contributed by atoms with Crippen LogP contribution in [-0.2, 0) is 0 Å². The minimum atomic E-state index is -0.189. The number of aryl methyl sites for hydroxylation is 1. The lowest BCUT2D eigenvalue weighted by atomic mass is 10.3. The van der Waals surface area contributed by atoms with E-state index >= 15 is 0 Å². The molecule has 0 amide bonds. The van der Waals surface area contributed by atoms with Gasteiger partial charge in [-0.05, 0) is 53.2 Å². The lowest BCUT2D eigenvalue weighted by Crippen LogP contribution is -2.17. The molecule has 0 aliphatic heterocycles. The molecule has 7 heteroatoms. The first-order valence-corrected chi connectivity index (χ1v) is 7.95. The molecular formula is C16H12BrClN4O. The Kier molecular flexibility index (Phi) is 4.45. The van der Waals surface area contributed by atoms with Gasteiger partial charge < -0.3 is 0 Å². The van der Waals surface area contributed by atoms with E-state index in [1.54, 1.807) is 36.5 Å². The van der Waals surface area contributed by atoms with E-state index in [9.17, 15) is 4.79 Å². The summed E-state index contributed by atoms with van der Waals surface area (Å²) in [5.41, 5.74) is 1.68. The Bertz CT molecular complexity index is 928. The Labute approximate surface area is 145 Å². The molecule has 0 saturated carbocycles. The van der Waals surface area contributed by atoms with Crippen LogP contribution in [0.4, 0.5) is 5.82 Å². The zero-order chi connectivity index (χ0) is 16.4.